The molecule has 6 heteroatoms. The number of ether oxygens (including phenoxy) is 1. The molecule has 1 N–H and O–H groups in total. The summed E-state index contributed by atoms with van der Waals surface area (Å²) in [5, 5.41) is 2.45. The van der Waals surface area contributed by atoms with Crippen molar-refractivity contribution in [3.63, 3.8) is 0 Å². The lowest BCUT2D eigenvalue weighted by atomic mass is 10.2. The van der Waals surface area contributed by atoms with Gasteiger partial charge >= 0.3 is 0 Å². The van der Waals surface area contributed by atoms with E-state index in [4.69, 9.17) is 4.74 Å². The molecule has 0 aliphatic heterocycles. The third-order valence-corrected chi connectivity index (χ3v) is 2.96. The molecule has 0 aliphatic carbocycles. The van der Waals surface area contributed by atoms with Crippen LogP contribution in [-0.2, 0) is 4.79 Å². The van der Waals surface area contributed by atoms with Gasteiger partial charge in [-0.15, -0.1) is 0 Å². The Morgan fingerprint density at radius 1 is 1.44 bits per heavy atom. The number of nitrogens with one attached hydrogen (secondary N) is 1. The maximum Gasteiger partial charge on any atom is 0.257 e. The van der Waals surface area contributed by atoms with Gasteiger partial charge in [-0.3, -0.25) is 9.59 Å². The molecule has 0 aliphatic rings. The highest BCUT2D eigenvalue weighted by atomic mass is 79.9. The Labute approximate surface area is 110 Å². The molecule has 1 aromatic rings. The summed E-state index contributed by atoms with van der Waals surface area (Å²) in [7, 11) is 1.53. The number of halogens is 2. The number of rotatable bonds is 4. The molecule has 4 nitrogen and oxygen atoms in total. The molecule has 1 aromatic carbocycles. The summed E-state index contributed by atoms with van der Waals surface area (Å²) >= 11 is 6.53. The molecule has 0 aromatic heterocycles. The third kappa shape index (κ3) is 3.31. The van der Waals surface area contributed by atoms with Gasteiger partial charge in [0.15, 0.2) is 6.61 Å². The Kier molecular flexibility index (Phi) is 4.95. The van der Waals surface area contributed by atoms with Crippen molar-refractivity contribution < 1.29 is 14.3 Å². The van der Waals surface area contributed by atoms with Gasteiger partial charge in [0.05, 0.1) is 8.95 Å². The zero-order chi connectivity index (χ0) is 12.1. The molecule has 0 atom stereocenters. The SMILES string of the molecule is CNC(=O)COc1c(Br)cc(C=O)cc1Br. The number of benzene rings is 1. The number of likely N-dealkylation sites (N-methyl/N-ethyl adjacent to an activating group) is 1. The predicted molar refractivity (Wildman–Crippen MR) is 66.8 cm³/mol. The van der Waals surface area contributed by atoms with Crippen molar-refractivity contribution in [1.29, 1.82) is 0 Å². The highest BCUT2D eigenvalue weighted by Crippen LogP contribution is 2.34. The Balaban J connectivity index is 2.88. The molecule has 16 heavy (non-hydrogen) atoms. The van der Waals surface area contributed by atoms with Gasteiger partial charge in [0.1, 0.15) is 12.0 Å². The summed E-state index contributed by atoms with van der Waals surface area (Å²) in [5.41, 5.74) is 0.519. The first-order valence-corrected chi connectivity index (χ1v) is 5.94. The van der Waals surface area contributed by atoms with Gasteiger partial charge in [0.2, 0.25) is 0 Å². The van der Waals surface area contributed by atoms with Crippen molar-refractivity contribution in [3.05, 3.63) is 26.6 Å². The normalized spacial score (nSPS) is 9.69. The monoisotopic (exact) mass is 349 g/mol. The highest BCUT2D eigenvalue weighted by Gasteiger charge is 2.10. The molecule has 0 saturated heterocycles. The average molecular weight is 351 g/mol. The molecule has 0 fully saturated rings. The van der Waals surface area contributed by atoms with Crippen molar-refractivity contribution in [2.24, 2.45) is 0 Å². The third-order valence-electron chi connectivity index (χ3n) is 1.78. The van der Waals surface area contributed by atoms with E-state index in [-0.39, 0.29) is 12.5 Å². The summed E-state index contributed by atoms with van der Waals surface area (Å²) in [6.45, 7) is -0.0753. The number of amides is 1. The van der Waals surface area contributed by atoms with E-state index in [1.807, 2.05) is 0 Å². The van der Waals surface area contributed by atoms with Crippen LogP contribution in [0.5, 0.6) is 5.75 Å². The quantitative estimate of drug-likeness (QED) is 0.846. The number of carbonyl (C=O) groups excluding carboxylic acids is 2. The lowest BCUT2D eigenvalue weighted by Gasteiger charge is -2.09. The van der Waals surface area contributed by atoms with Crippen LogP contribution in [0, 0.1) is 0 Å². The van der Waals surface area contributed by atoms with Gasteiger partial charge in [-0.25, -0.2) is 0 Å². The first-order chi connectivity index (χ1) is 7.58. The lowest BCUT2D eigenvalue weighted by molar-refractivity contribution is -0.122. The lowest BCUT2D eigenvalue weighted by Crippen LogP contribution is -2.25. The highest BCUT2D eigenvalue weighted by molar-refractivity contribution is 9.11. The smallest absolute Gasteiger partial charge is 0.257 e. The fourth-order valence-corrected chi connectivity index (χ4v) is 2.45. The minimum absolute atomic E-state index is 0.0753. The van der Waals surface area contributed by atoms with Crippen molar-refractivity contribution in [3.8, 4) is 5.75 Å². The maximum absolute atomic E-state index is 11.0. The second kappa shape index (κ2) is 6.00. The summed E-state index contributed by atoms with van der Waals surface area (Å²) in [6.07, 6.45) is 0.734. The number of carbonyl (C=O) groups is 2. The molecule has 0 spiro atoms. The minimum Gasteiger partial charge on any atom is -0.481 e. The molecule has 0 unspecified atom stereocenters. The van der Waals surface area contributed by atoms with Crippen LogP contribution >= 0.6 is 31.9 Å². The van der Waals surface area contributed by atoms with Gasteiger partial charge < -0.3 is 10.1 Å². The van der Waals surface area contributed by atoms with Crippen LogP contribution in [0.3, 0.4) is 0 Å². The van der Waals surface area contributed by atoms with Gasteiger partial charge in [-0.1, -0.05) is 0 Å². The van der Waals surface area contributed by atoms with Crippen LogP contribution in [0.15, 0.2) is 21.1 Å². The van der Waals surface area contributed by atoms with Gasteiger partial charge in [-0.2, -0.15) is 0 Å². The summed E-state index contributed by atoms with van der Waals surface area (Å²) < 4.78 is 6.53. The Morgan fingerprint density at radius 3 is 2.44 bits per heavy atom. The van der Waals surface area contributed by atoms with E-state index in [0.29, 0.717) is 20.3 Å². The number of hydrogen-bond acceptors (Lipinski definition) is 3. The van der Waals surface area contributed by atoms with Crippen LogP contribution in [0.2, 0.25) is 0 Å². The molecule has 1 amide bonds. The van der Waals surface area contributed by atoms with E-state index in [2.05, 4.69) is 37.2 Å². The maximum atomic E-state index is 11.0. The number of aldehydes is 1. The van der Waals surface area contributed by atoms with Crippen LogP contribution in [0.25, 0.3) is 0 Å². The second-order valence-electron chi connectivity index (χ2n) is 2.89. The van der Waals surface area contributed by atoms with E-state index < -0.39 is 0 Å². The van der Waals surface area contributed by atoms with Gasteiger partial charge in [-0.05, 0) is 44.0 Å². The average Bonchev–Trinajstić information content (AvgIpc) is 2.27. The van der Waals surface area contributed by atoms with Crippen molar-refractivity contribution in [2.75, 3.05) is 13.7 Å². The Bertz CT molecular complexity index is 398. The first kappa shape index (κ1) is 13.2. The molecule has 0 heterocycles. The van der Waals surface area contributed by atoms with E-state index in [9.17, 15) is 9.59 Å². The van der Waals surface area contributed by atoms with Crippen molar-refractivity contribution in [1.82, 2.24) is 5.32 Å². The topological polar surface area (TPSA) is 55.4 Å². The Morgan fingerprint density at radius 2 is 2.00 bits per heavy atom. The standard InChI is InChI=1S/C10H9Br2NO3/c1-13-9(15)5-16-10-7(11)2-6(4-14)3-8(10)12/h2-4H,5H2,1H3,(H,13,15). The summed E-state index contributed by atoms with van der Waals surface area (Å²) in [5.74, 6) is 0.271. The molecular weight excluding hydrogens is 342 g/mol. The zero-order valence-corrected chi connectivity index (χ0v) is 11.6. The molecule has 0 bridgehead atoms. The van der Waals surface area contributed by atoms with Gasteiger partial charge in [0, 0.05) is 12.6 Å². The second-order valence-corrected chi connectivity index (χ2v) is 4.60. The Hall–Kier alpha value is -0.880. The van der Waals surface area contributed by atoms with E-state index in [1.165, 1.54) is 7.05 Å². The molecule has 0 saturated carbocycles. The summed E-state index contributed by atoms with van der Waals surface area (Å²) in [6, 6.07) is 3.24. The fourth-order valence-electron chi connectivity index (χ4n) is 0.995. The fraction of sp³-hybridized carbons (Fsp3) is 0.200. The molecule has 86 valence electrons. The van der Waals surface area contributed by atoms with Crippen LogP contribution in [0.1, 0.15) is 10.4 Å². The van der Waals surface area contributed by atoms with E-state index in [1.54, 1.807) is 12.1 Å². The number of hydrogen-bond donors (Lipinski definition) is 1. The minimum atomic E-state index is -0.224. The van der Waals surface area contributed by atoms with E-state index in [0.717, 1.165) is 6.29 Å². The van der Waals surface area contributed by atoms with Crippen molar-refractivity contribution >= 4 is 44.1 Å². The van der Waals surface area contributed by atoms with Crippen molar-refractivity contribution in [2.45, 2.75) is 0 Å². The largest absolute Gasteiger partial charge is 0.481 e. The van der Waals surface area contributed by atoms with Gasteiger partial charge in [0.25, 0.3) is 5.91 Å². The molecule has 0 radical (unpaired) electrons. The van der Waals surface area contributed by atoms with Crippen LogP contribution in [0.4, 0.5) is 0 Å². The van der Waals surface area contributed by atoms with Crippen LogP contribution < -0.4 is 10.1 Å². The zero-order valence-electron chi connectivity index (χ0n) is 8.42. The predicted octanol–water partition coefficient (Wildman–Crippen LogP) is 2.15. The van der Waals surface area contributed by atoms with Crippen LogP contribution in [-0.4, -0.2) is 25.8 Å². The molecular formula is C10H9Br2NO3. The first-order valence-electron chi connectivity index (χ1n) is 4.36. The molecule has 1 rings (SSSR count). The summed E-state index contributed by atoms with van der Waals surface area (Å²) in [4.78, 5) is 21.6. The van der Waals surface area contributed by atoms with E-state index >= 15 is 0 Å².